The van der Waals surface area contributed by atoms with Crippen LogP contribution in [0.5, 0.6) is 0 Å². The summed E-state index contributed by atoms with van der Waals surface area (Å²) in [6, 6.07) is 5.13. The third-order valence-electron chi connectivity index (χ3n) is 3.81. The number of hydrogen-bond acceptors (Lipinski definition) is 3. The largest absolute Gasteiger partial charge is 0.330 e. The highest BCUT2D eigenvalue weighted by molar-refractivity contribution is 7.89. The first-order chi connectivity index (χ1) is 8.95. The van der Waals surface area contributed by atoms with Gasteiger partial charge in [0, 0.05) is 13.1 Å². The third-order valence-corrected chi connectivity index (χ3v) is 5.67. The van der Waals surface area contributed by atoms with Gasteiger partial charge in [0.25, 0.3) is 0 Å². The quantitative estimate of drug-likeness (QED) is 0.914. The van der Waals surface area contributed by atoms with Crippen LogP contribution in [0.25, 0.3) is 0 Å². The van der Waals surface area contributed by atoms with Crippen molar-refractivity contribution in [1.29, 1.82) is 0 Å². The van der Waals surface area contributed by atoms with Crippen LogP contribution in [0.1, 0.15) is 13.3 Å². The zero-order valence-corrected chi connectivity index (χ0v) is 11.7. The second-order valence-corrected chi connectivity index (χ2v) is 7.02. The molecule has 0 amide bonds. The molecule has 106 valence electrons. The SMILES string of the molecule is CC1CCN(S(=O)(=O)c2cccc(F)c2)CC1CN. The lowest BCUT2D eigenvalue weighted by atomic mass is 9.88. The van der Waals surface area contributed by atoms with E-state index in [0.717, 1.165) is 12.5 Å². The van der Waals surface area contributed by atoms with Crippen LogP contribution < -0.4 is 5.73 Å². The first-order valence-electron chi connectivity index (χ1n) is 6.41. The van der Waals surface area contributed by atoms with E-state index in [0.29, 0.717) is 25.6 Å². The van der Waals surface area contributed by atoms with Gasteiger partial charge in [-0.15, -0.1) is 0 Å². The second-order valence-electron chi connectivity index (χ2n) is 5.08. The van der Waals surface area contributed by atoms with Gasteiger partial charge >= 0.3 is 0 Å². The zero-order valence-electron chi connectivity index (χ0n) is 10.9. The number of piperidine rings is 1. The summed E-state index contributed by atoms with van der Waals surface area (Å²) < 4.78 is 39.4. The summed E-state index contributed by atoms with van der Waals surface area (Å²) in [5.41, 5.74) is 5.68. The standard InChI is InChI=1S/C13H19FN2O2S/c1-10-5-6-16(9-11(10)8-15)19(17,18)13-4-2-3-12(14)7-13/h2-4,7,10-11H,5-6,8-9,15H2,1H3. The molecule has 1 fully saturated rings. The Balaban J connectivity index is 2.25. The smallest absolute Gasteiger partial charge is 0.243 e. The number of rotatable bonds is 3. The van der Waals surface area contributed by atoms with Crippen molar-refractivity contribution in [2.24, 2.45) is 17.6 Å². The molecule has 0 bridgehead atoms. The molecule has 0 aliphatic carbocycles. The van der Waals surface area contributed by atoms with Gasteiger partial charge < -0.3 is 5.73 Å². The van der Waals surface area contributed by atoms with E-state index in [1.54, 1.807) is 0 Å². The summed E-state index contributed by atoms with van der Waals surface area (Å²) in [5.74, 6) is 0.0443. The summed E-state index contributed by atoms with van der Waals surface area (Å²) in [5, 5.41) is 0. The zero-order chi connectivity index (χ0) is 14.0. The van der Waals surface area contributed by atoms with E-state index >= 15 is 0 Å². The third kappa shape index (κ3) is 2.96. The van der Waals surface area contributed by atoms with Crippen molar-refractivity contribution in [1.82, 2.24) is 4.31 Å². The van der Waals surface area contributed by atoms with Crippen molar-refractivity contribution in [2.45, 2.75) is 18.2 Å². The minimum Gasteiger partial charge on any atom is -0.330 e. The minimum atomic E-state index is -3.61. The van der Waals surface area contributed by atoms with Gasteiger partial charge in [0.1, 0.15) is 5.82 Å². The Morgan fingerprint density at radius 1 is 1.47 bits per heavy atom. The van der Waals surface area contributed by atoms with Crippen molar-refractivity contribution in [2.75, 3.05) is 19.6 Å². The highest BCUT2D eigenvalue weighted by Crippen LogP contribution is 2.27. The van der Waals surface area contributed by atoms with Crippen LogP contribution in [-0.2, 0) is 10.0 Å². The van der Waals surface area contributed by atoms with E-state index in [2.05, 4.69) is 6.92 Å². The Kier molecular flexibility index (Phi) is 4.23. The maximum atomic E-state index is 13.2. The molecule has 1 aromatic rings. The van der Waals surface area contributed by atoms with Crippen LogP contribution in [-0.4, -0.2) is 32.4 Å². The van der Waals surface area contributed by atoms with Crippen LogP contribution >= 0.6 is 0 Å². The summed E-state index contributed by atoms with van der Waals surface area (Å²) >= 11 is 0. The first-order valence-corrected chi connectivity index (χ1v) is 7.85. The lowest BCUT2D eigenvalue weighted by molar-refractivity contribution is 0.203. The molecule has 1 saturated heterocycles. The Hall–Kier alpha value is -0.980. The Morgan fingerprint density at radius 3 is 2.84 bits per heavy atom. The first kappa shape index (κ1) is 14.4. The summed E-state index contributed by atoms with van der Waals surface area (Å²) in [6.07, 6.45) is 0.788. The fraction of sp³-hybridized carbons (Fsp3) is 0.538. The van der Waals surface area contributed by atoms with Gasteiger partial charge in [0.2, 0.25) is 10.0 Å². The molecule has 1 aliphatic rings. The Labute approximate surface area is 113 Å². The highest BCUT2D eigenvalue weighted by Gasteiger charge is 2.33. The predicted octanol–water partition coefficient (Wildman–Crippen LogP) is 1.43. The molecule has 1 heterocycles. The van der Waals surface area contributed by atoms with Crippen LogP contribution in [0.2, 0.25) is 0 Å². The molecule has 4 nitrogen and oxygen atoms in total. The number of nitrogens with zero attached hydrogens (tertiary/aromatic N) is 1. The van der Waals surface area contributed by atoms with Crippen molar-refractivity contribution in [3.05, 3.63) is 30.1 Å². The summed E-state index contributed by atoms with van der Waals surface area (Å²) in [7, 11) is -3.61. The normalized spacial score (nSPS) is 25.4. The minimum absolute atomic E-state index is 0.0119. The van der Waals surface area contributed by atoms with Crippen LogP contribution in [0.4, 0.5) is 4.39 Å². The van der Waals surface area contributed by atoms with Crippen LogP contribution in [0.3, 0.4) is 0 Å². The fourth-order valence-corrected chi connectivity index (χ4v) is 3.96. The number of nitrogens with two attached hydrogens (primary N) is 1. The number of benzene rings is 1. The fourth-order valence-electron chi connectivity index (χ4n) is 2.42. The molecule has 0 saturated carbocycles. The second kappa shape index (κ2) is 5.56. The van der Waals surface area contributed by atoms with Gasteiger partial charge in [-0.25, -0.2) is 12.8 Å². The molecule has 2 N–H and O–H groups in total. The van der Waals surface area contributed by atoms with Crippen LogP contribution in [0, 0.1) is 17.7 Å². The van der Waals surface area contributed by atoms with Gasteiger partial charge in [-0.1, -0.05) is 13.0 Å². The van der Waals surface area contributed by atoms with Crippen molar-refractivity contribution < 1.29 is 12.8 Å². The van der Waals surface area contributed by atoms with E-state index in [-0.39, 0.29) is 10.8 Å². The molecule has 0 radical (unpaired) electrons. The maximum absolute atomic E-state index is 13.2. The van der Waals surface area contributed by atoms with Crippen molar-refractivity contribution in [3.8, 4) is 0 Å². The predicted molar refractivity (Wildman–Crippen MR) is 71.5 cm³/mol. The molecule has 6 heteroatoms. The maximum Gasteiger partial charge on any atom is 0.243 e. The topological polar surface area (TPSA) is 63.4 Å². The molecule has 2 atom stereocenters. The summed E-state index contributed by atoms with van der Waals surface area (Å²) in [4.78, 5) is 0.0119. The molecule has 1 aromatic carbocycles. The van der Waals surface area contributed by atoms with E-state index < -0.39 is 15.8 Å². The number of halogens is 1. The van der Waals surface area contributed by atoms with Gasteiger partial charge in [0.15, 0.2) is 0 Å². The average Bonchev–Trinajstić information content (AvgIpc) is 2.39. The van der Waals surface area contributed by atoms with Gasteiger partial charge in [-0.05, 0) is 43.0 Å². The number of hydrogen-bond donors (Lipinski definition) is 1. The van der Waals surface area contributed by atoms with Crippen LogP contribution in [0.15, 0.2) is 29.2 Å². The van der Waals surface area contributed by atoms with Crippen molar-refractivity contribution in [3.63, 3.8) is 0 Å². The van der Waals surface area contributed by atoms with E-state index in [4.69, 9.17) is 5.73 Å². The van der Waals surface area contributed by atoms with Gasteiger partial charge in [-0.3, -0.25) is 0 Å². The van der Waals surface area contributed by atoms with E-state index in [1.165, 1.54) is 22.5 Å². The van der Waals surface area contributed by atoms with E-state index in [1.807, 2.05) is 0 Å². The molecule has 2 rings (SSSR count). The van der Waals surface area contributed by atoms with E-state index in [9.17, 15) is 12.8 Å². The lowest BCUT2D eigenvalue weighted by Crippen LogP contribution is -2.45. The summed E-state index contributed by atoms with van der Waals surface area (Å²) in [6.45, 7) is 3.44. The highest BCUT2D eigenvalue weighted by atomic mass is 32.2. The number of sulfonamides is 1. The Bertz CT molecular complexity index is 547. The van der Waals surface area contributed by atoms with Gasteiger partial charge in [-0.2, -0.15) is 4.31 Å². The molecular weight excluding hydrogens is 267 g/mol. The molecule has 0 spiro atoms. The molecule has 19 heavy (non-hydrogen) atoms. The van der Waals surface area contributed by atoms with Crippen molar-refractivity contribution >= 4 is 10.0 Å². The average molecular weight is 286 g/mol. The van der Waals surface area contributed by atoms with Gasteiger partial charge in [0.05, 0.1) is 4.90 Å². The molecular formula is C13H19FN2O2S. The molecule has 2 unspecified atom stereocenters. The monoisotopic (exact) mass is 286 g/mol. The Morgan fingerprint density at radius 2 is 2.21 bits per heavy atom. The lowest BCUT2D eigenvalue weighted by Gasteiger charge is -2.35. The molecule has 0 aromatic heterocycles. The molecule has 1 aliphatic heterocycles.